The van der Waals surface area contributed by atoms with Crippen molar-refractivity contribution < 1.29 is 4.42 Å². The molecule has 57 heavy (non-hydrogen) atoms. The van der Waals surface area contributed by atoms with Crippen LogP contribution in [0.15, 0.2) is 211 Å². The third-order valence-electron chi connectivity index (χ3n) is 11.7. The zero-order chi connectivity index (χ0) is 37.5. The number of para-hydroxylation sites is 2. The number of fused-ring (bicyclic) bond motifs is 9. The van der Waals surface area contributed by atoms with Gasteiger partial charge in [-0.1, -0.05) is 140 Å². The Kier molecular flexibility index (Phi) is 6.93. The van der Waals surface area contributed by atoms with Gasteiger partial charge in [0.1, 0.15) is 11.2 Å². The molecular formula is C54H34N2O. The summed E-state index contributed by atoms with van der Waals surface area (Å²) in [5.74, 6) is 0. The van der Waals surface area contributed by atoms with Gasteiger partial charge in [-0.05, 0) is 100 Å². The van der Waals surface area contributed by atoms with E-state index in [0.717, 1.165) is 38.8 Å². The fourth-order valence-corrected chi connectivity index (χ4v) is 9.17. The SMILES string of the molecule is c1ccc(-c2ccc(-n3c4ccccc4c4cc(-c5ccc6c(c5)c5ccccc5n6-c5cccc6oc7cccc(-c8ccccc8)c7c56)ccc43)cc2)cc1. The molecule has 0 atom stereocenters. The Bertz CT molecular complexity index is 3490. The Morgan fingerprint density at radius 1 is 0.298 bits per heavy atom. The zero-order valence-electron chi connectivity index (χ0n) is 30.9. The molecular weight excluding hydrogens is 693 g/mol. The Morgan fingerprint density at radius 3 is 1.46 bits per heavy atom. The van der Waals surface area contributed by atoms with Gasteiger partial charge in [0.2, 0.25) is 0 Å². The molecule has 9 aromatic carbocycles. The summed E-state index contributed by atoms with van der Waals surface area (Å²) in [7, 11) is 0. The minimum Gasteiger partial charge on any atom is -0.456 e. The van der Waals surface area contributed by atoms with E-state index in [1.165, 1.54) is 71.5 Å². The summed E-state index contributed by atoms with van der Waals surface area (Å²) in [6.07, 6.45) is 0. The maximum atomic E-state index is 6.56. The van der Waals surface area contributed by atoms with Crippen LogP contribution in [0.1, 0.15) is 0 Å². The van der Waals surface area contributed by atoms with Gasteiger partial charge in [0.25, 0.3) is 0 Å². The second kappa shape index (κ2) is 12.5. The summed E-state index contributed by atoms with van der Waals surface area (Å²) >= 11 is 0. The molecule has 0 aliphatic carbocycles. The first-order valence-corrected chi connectivity index (χ1v) is 19.5. The molecule has 0 radical (unpaired) electrons. The number of hydrogen-bond acceptors (Lipinski definition) is 1. The van der Waals surface area contributed by atoms with E-state index in [4.69, 9.17) is 4.42 Å². The molecule has 0 unspecified atom stereocenters. The summed E-state index contributed by atoms with van der Waals surface area (Å²) in [5.41, 5.74) is 15.9. The van der Waals surface area contributed by atoms with Gasteiger partial charge < -0.3 is 13.6 Å². The highest BCUT2D eigenvalue weighted by atomic mass is 16.3. The highest BCUT2D eigenvalue weighted by molar-refractivity contribution is 6.18. The van der Waals surface area contributed by atoms with Crippen LogP contribution in [0.3, 0.4) is 0 Å². The number of rotatable bonds is 5. The average molecular weight is 727 g/mol. The summed E-state index contributed by atoms with van der Waals surface area (Å²) in [4.78, 5) is 0. The van der Waals surface area contributed by atoms with Crippen LogP contribution in [0.5, 0.6) is 0 Å². The lowest BCUT2D eigenvalue weighted by atomic mass is 9.98. The van der Waals surface area contributed by atoms with E-state index in [1.54, 1.807) is 0 Å². The molecule has 0 aliphatic rings. The molecule has 0 N–H and O–H groups in total. The van der Waals surface area contributed by atoms with Gasteiger partial charge in [0.15, 0.2) is 0 Å². The Labute approximate surface area is 328 Å². The van der Waals surface area contributed by atoms with Crippen LogP contribution in [0, 0.1) is 0 Å². The zero-order valence-corrected chi connectivity index (χ0v) is 30.9. The van der Waals surface area contributed by atoms with Crippen molar-refractivity contribution in [3.05, 3.63) is 206 Å². The summed E-state index contributed by atoms with van der Waals surface area (Å²) < 4.78 is 11.4. The van der Waals surface area contributed by atoms with E-state index in [1.807, 2.05) is 0 Å². The predicted octanol–water partition coefficient (Wildman–Crippen LogP) is 14.8. The van der Waals surface area contributed by atoms with Gasteiger partial charge in [-0.2, -0.15) is 0 Å². The topological polar surface area (TPSA) is 23.0 Å². The second-order valence-electron chi connectivity index (χ2n) is 14.9. The fraction of sp³-hybridized carbons (Fsp3) is 0. The van der Waals surface area contributed by atoms with Crippen molar-refractivity contribution in [1.29, 1.82) is 0 Å². The molecule has 0 amide bonds. The Balaban J connectivity index is 1.03. The predicted molar refractivity (Wildman–Crippen MR) is 239 cm³/mol. The summed E-state index contributed by atoms with van der Waals surface area (Å²) in [5, 5.41) is 7.18. The van der Waals surface area contributed by atoms with Crippen molar-refractivity contribution in [3.8, 4) is 44.8 Å². The van der Waals surface area contributed by atoms with Gasteiger partial charge >= 0.3 is 0 Å². The van der Waals surface area contributed by atoms with E-state index in [0.29, 0.717) is 0 Å². The van der Waals surface area contributed by atoms with Crippen LogP contribution in [-0.4, -0.2) is 9.13 Å². The Hall–Kier alpha value is -7.62. The van der Waals surface area contributed by atoms with Crippen LogP contribution in [0.25, 0.3) is 110 Å². The van der Waals surface area contributed by atoms with Gasteiger partial charge in [-0.25, -0.2) is 0 Å². The second-order valence-corrected chi connectivity index (χ2v) is 14.9. The first-order chi connectivity index (χ1) is 28.3. The van der Waals surface area contributed by atoms with E-state index < -0.39 is 0 Å². The Morgan fingerprint density at radius 2 is 0.789 bits per heavy atom. The van der Waals surface area contributed by atoms with Crippen molar-refractivity contribution in [3.63, 3.8) is 0 Å². The molecule has 0 saturated heterocycles. The normalized spacial score (nSPS) is 11.9. The van der Waals surface area contributed by atoms with E-state index in [-0.39, 0.29) is 0 Å². The van der Waals surface area contributed by atoms with Crippen LogP contribution < -0.4 is 0 Å². The molecule has 0 spiro atoms. The molecule has 12 rings (SSSR count). The van der Waals surface area contributed by atoms with Gasteiger partial charge in [0, 0.05) is 32.6 Å². The number of benzene rings is 9. The number of hydrogen-bond donors (Lipinski definition) is 0. The molecule has 12 aromatic rings. The quantitative estimate of drug-likeness (QED) is 0.173. The lowest BCUT2D eigenvalue weighted by Crippen LogP contribution is -1.95. The van der Waals surface area contributed by atoms with E-state index >= 15 is 0 Å². The third-order valence-corrected chi connectivity index (χ3v) is 11.7. The largest absolute Gasteiger partial charge is 0.456 e. The fourth-order valence-electron chi connectivity index (χ4n) is 9.17. The monoisotopic (exact) mass is 726 g/mol. The van der Waals surface area contributed by atoms with Crippen LogP contribution in [0.4, 0.5) is 0 Å². The molecule has 0 bridgehead atoms. The molecule has 3 aromatic heterocycles. The first-order valence-electron chi connectivity index (χ1n) is 19.5. The van der Waals surface area contributed by atoms with Gasteiger partial charge in [0.05, 0.1) is 33.1 Å². The van der Waals surface area contributed by atoms with Crippen molar-refractivity contribution in [2.24, 2.45) is 0 Å². The standard InChI is InChI=1S/C54H34N2O/c1-3-13-35(14-4-1)36-25-29-40(30-26-36)55-46-20-9-7-17-42(46)44-33-38(27-31-48(44)55)39-28-32-49-45(34-39)43-18-8-10-21-47(43)56(49)50-22-12-24-52-54(50)53-41(19-11-23-51(53)57-52)37-15-5-2-6-16-37/h1-34H. The lowest BCUT2D eigenvalue weighted by Gasteiger charge is -2.11. The smallest absolute Gasteiger partial charge is 0.137 e. The van der Waals surface area contributed by atoms with Crippen molar-refractivity contribution in [2.75, 3.05) is 0 Å². The lowest BCUT2D eigenvalue weighted by molar-refractivity contribution is 0.669. The summed E-state index contributed by atoms with van der Waals surface area (Å²) in [6, 6.07) is 74.3. The summed E-state index contributed by atoms with van der Waals surface area (Å²) in [6.45, 7) is 0. The van der Waals surface area contributed by atoms with E-state index in [9.17, 15) is 0 Å². The molecule has 3 heterocycles. The molecule has 0 fully saturated rings. The third kappa shape index (κ3) is 4.86. The van der Waals surface area contributed by atoms with Crippen molar-refractivity contribution in [2.45, 2.75) is 0 Å². The number of nitrogens with zero attached hydrogens (tertiary/aromatic N) is 2. The minimum absolute atomic E-state index is 0.882. The maximum absolute atomic E-state index is 6.56. The van der Waals surface area contributed by atoms with Gasteiger partial charge in [-0.15, -0.1) is 0 Å². The van der Waals surface area contributed by atoms with Crippen molar-refractivity contribution >= 4 is 65.6 Å². The number of furan rings is 1. The molecule has 3 nitrogen and oxygen atoms in total. The van der Waals surface area contributed by atoms with Gasteiger partial charge in [-0.3, -0.25) is 0 Å². The first kappa shape index (κ1) is 31.7. The molecule has 0 saturated carbocycles. The van der Waals surface area contributed by atoms with Crippen molar-refractivity contribution in [1.82, 2.24) is 9.13 Å². The minimum atomic E-state index is 0.882. The molecule has 0 aliphatic heterocycles. The van der Waals surface area contributed by atoms with Crippen LogP contribution in [-0.2, 0) is 0 Å². The molecule has 266 valence electrons. The highest BCUT2D eigenvalue weighted by Gasteiger charge is 2.21. The number of aromatic nitrogens is 2. The highest BCUT2D eigenvalue weighted by Crippen LogP contribution is 2.43. The maximum Gasteiger partial charge on any atom is 0.137 e. The van der Waals surface area contributed by atoms with Crippen LogP contribution in [0.2, 0.25) is 0 Å². The molecule has 3 heteroatoms. The average Bonchev–Trinajstić information content (AvgIpc) is 3.94. The van der Waals surface area contributed by atoms with Crippen LogP contribution >= 0.6 is 0 Å². The van der Waals surface area contributed by atoms with E-state index in [2.05, 4.69) is 215 Å².